The third-order valence-electron chi connectivity index (χ3n) is 4.06. The molecule has 1 saturated heterocycles. The molecule has 4 nitrogen and oxygen atoms in total. The molecule has 0 bridgehead atoms. The molecule has 0 spiro atoms. The number of nitrogens with zero attached hydrogens (tertiary/aromatic N) is 2. The molecule has 0 unspecified atom stereocenters. The van der Waals surface area contributed by atoms with Crippen LogP contribution < -0.4 is 4.90 Å². The van der Waals surface area contributed by atoms with Crippen LogP contribution in [0.5, 0.6) is 0 Å². The van der Waals surface area contributed by atoms with E-state index in [-0.39, 0.29) is 0 Å². The van der Waals surface area contributed by atoms with Crippen LogP contribution in [0, 0.1) is 6.92 Å². The summed E-state index contributed by atoms with van der Waals surface area (Å²) in [6.45, 7) is 4.22. The first-order chi connectivity index (χ1) is 11.0. The maximum absolute atomic E-state index is 12.7. The molecule has 0 N–H and O–H groups in total. The van der Waals surface area contributed by atoms with Crippen LogP contribution in [-0.2, 0) is 10.0 Å². The number of piperazine rings is 1. The van der Waals surface area contributed by atoms with Crippen molar-refractivity contribution in [1.82, 2.24) is 4.31 Å². The van der Waals surface area contributed by atoms with Crippen molar-refractivity contribution < 1.29 is 8.42 Å². The number of sulfonamides is 1. The van der Waals surface area contributed by atoms with E-state index in [0.717, 1.165) is 11.3 Å². The van der Waals surface area contributed by atoms with Gasteiger partial charge in [0.1, 0.15) is 0 Å². The normalized spacial score (nSPS) is 16.5. The summed E-state index contributed by atoms with van der Waals surface area (Å²) in [4.78, 5) is 2.55. The fourth-order valence-corrected chi connectivity index (χ4v) is 4.42. The second kappa shape index (κ2) is 6.51. The van der Waals surface area contributed by atoms with Gasteiger partial charge in [-0.1, -0.05) is 23.7 Å². The highest BCUT2D eigenvalue weighted by molar-refractivity contribution is 7.89. The smallest absolute Gasteiger partial charge is 0.243 e. The molecule has 23 heavy (non-hydrogen) atoms. The van der Waals surface area contributed by atoms with Gasteiger partial charge in [0.25, 0.3) is 0 Å². The maximum Gasteiger partial charge on any atom is 0.243 e. The van der Waals surface area contributed by atoms with Crippen molar-refractivity contribution in [1.29, 1.82) is 0 Å². The topological polar surface area (TPSA) is 40.6 Å². The van der Waals surface area contributed by atoms with Crippen molar-refractivity contribution in [3.05, 3.63) is 59.1 Å². The maximum atomic E-state index is 12.7. The molecule has 0 amide bonds. The molecule has 6 heteroatoms. The van der Waals surface area contributed by atoms with Gasteiger partial charge in [0.05, 0.1) is 4.90 Å². The Morgan fingerprint density at radius 2 is 1.61 bits per heavy atom. The molecule has 122 valence electrons. The summed E-state index contributed by atoms with van der Waals surface area (Å²) in [7, 11) is -3.41. The Labute approximate surface area is 142 Å². The summed E-state index contributed by atoms with van der Waals surface area (Å²) < 4.78 is 27.0. The van der Waals surface area contributed by atoms with Crippen molar-refractivity contribution in [2.75, 3.05) is 31.1 Å². The Bertz CT molecular complexity index is 782. The Hall–Kier alpha value is -1.56. The number of aryl methyl sites for hydroxylation is 1. The minimum atomic E-state index is -3.41. The Balaban J connectivity index is 1.72. The lowest BCUT2D eigenvalue weighted by molar-refractivity contribution is 0.385. The van der Waals surface area contributed by atoms with E-state index in [0.29, 0.717) is 36.1 Å². The number of rotatable bonds is 3. The zero-order valence-electron chi connectivity index (χ0n) is 12.9. The molecular weight excluding hydrogens is 332 g/mol. The summed E-state index contributed by atoms with van der Waals surface area (Å²) in [6, 6.07) is 14.7. The van der Waals surface area contributed by atoms with Crippen LogP contribution in [0.2, 0.25) is 5.02 Å². The summed E-state index contributed by atoms with van der Waals surface area (Å²) in [6.07, 6.45) is 0. The summed E-state index contributed by atoms with van der Waals surface area (Å²) in [5.41, 5.74) is 2.02. The number of halogens is 1. The van der Waals surface area contributed by atoms with Gasteiger partial charge in [-0.2, -0.15) is 4.31 Å². The van der Waals surface area contributed by atoms with Gasteiger partial charge in [0.15, 0.2) is 0 Å². The molecule has 1 fully saturated rings. The van der Waals surface area contributed by atoms with E-state index in [1.807, 2.05) is 37.3 Å². The molecule has 1 aliphatic heterocycles. The van der Waals surface area contributed by atoms with E-state index < -0.39 is 10.0 Å². The molecule has 0 radical (unpaired) electrons. The lowest BCUT2D eigenvalue weighted by Gasteiger charge is -2.35. The number of anilines is 1. The molecule has 0 saturated carbocycles. The van der Waals surface area contributed by atoms with E-state index in [1.165, 1.54) is 0 Å². The lowest BCUT2D eigenvalue weighted by Crippen LogP contribution is -2.48. The standard InChI is InChI=1S/C17H19ClN2O2S/c1-14-3-2-4-17(13-14)23(21,22)20-11-9-19(10-12-20)16-7-5-15(18)6-8-16/h2-8,13H,9-12H2,1H3. The molecule has 1 aliphatic rings. The first kappa shape index (κ1) is 16.3. The van der Waals surface area contributed by atoms with Crippen LogP contribution in [0.1, 0.15) is 5.56 Å². The summed E-state index contributed by atoms with van der Waals surface area (Å²) in [5, 5.41) is 0.703. The third kappa shape index (κ3) is 3.52. The highest BCUT2D eigenvalue weighted by Gasteiger charge is 2.28. The van der Waals surface area contributed by atoms with Gasteiger partial charge in [0.2, 0.25) is 10.0 Å². The van der Waals surface area contributed by atoms with E-state index in [4.69, 9.17) is 11.6 Å². The predicted octanol–water partition coefficient (Wildman–Crippen LogP) is 3.16. The predicted molar refractivity (Wildman–Crippen MR) is 93.6 cm³/mol. The van der Waals surface area contributed by atoms with Gasteiger partial charge in [-0.05, 0) is 48.9 Å². The van der Waals surface area contributed by atoms with Gasteiger partial charge < -0.3 is 4.90 Å². The Morgan fingerprint density at radius 3 is 2.22 bits per heavy atom. The SMILES string of the molecule is Cc1cccc(S(=O)(=O)N2CCN(c3ccc(Cl)cc3)CC2)c1. The second-order valence-electron chi connectivity index (χ2n) is 5.68. The lowest BCUT2D eigenvalue weighted by atomic mass is 10.2. The average molecular weight is 351 g/mol. The van der Waals surface area contributed by atoms with Gasteiger partial charge in [-0.3, -0.25) is 0 Å². The fraction of sp³-hybridized carbons (Fsp3) is 0.294. The largest absolute Gasteiger partial charge is 0.369 e. The van der Waals surface area contributed by atoms with Gasteiger partial charge >= 0.3 is 0 Å². The number of hydrogen-bond acceptors (Lipinski definition) is 3. The third-order valence-corrected chi connectivity index (χ3v) is 6.20. The summed E-state index contributed by atoms with van der Waals surface area (Å²) >= 11 is 5.91. The molecule has 1 heterocycles. The molecular formula is C17H19ClN2O2S. The first-order valence-corrected chi connectivity index (χ1v) is 9.36. The Kier molecular flexibility index (Phi) is 4.62. The van der Waals surface area contributed by atoms with Crippen LogP contribution >= 0.6 is 11.6 Å². The molecule has 2 aromatic carbocycles. The zero-order chi connectivity index (χ0) is 16.4. The van der Waals surface area contributed by atoms with Crippen LogP contribution in [0.15, 0.2) is 53.4 Å². The highest BCUT2D eigenvalue weighted by atomic mass is 35.5. The van der Waals surface area contributed by atoms with Crippen molar-refractivity contribution in [3.63, 3.8) is 0 Å². The quantitative estimate of drug-likeness (QED) is 0.853. The average Bonchev–Trinajstić information content (AvgIpc) is 2.56. The molecule has 0 aromatic heterocycles. The van der Waals surface area contributed by atoms with Crippen LogP contribution in [0.4, 0.5) is 5.69 Å². The van der Waals surface area contributed by atoms with Crippen molar-refractivity contribution >= 4 is 27.3 Å². The molecule has 3 rings (SSSR count). The molecule has 0 atom stereocenters. The first-order valence-electron chi connectivity index (χ1n) is 7.54. The van der Waals surface area contributed by atoms with Crippen molar-refractivity contribution in [2.24, 2.45) is 0 Å². The van der Waals surface area contributed by atoms with Gasteiger partial charge in [-0.25, -0.2) is 8.42 Å². The van der Waals surface area contributed by atoms with Crippen LogP contribution in [-0.4, -0.2) is 38.9 Å². The van der Waals surface area contributed by atoms with E-state index in [9.17, 15) is 8.42 Å². The van der Waals surface area contributed by atoms with Crippen LogP contribution in [0.3, 0.4) is 0 Å². The van der Waals surface area contributed by atoms with Gasteiger partial charge in [-0.15, -0.1) is 0 Å². The van der Waals surface area contributed by atoms with Crippen LogP contribution in [0.25, 0.3) is 0 Å². The fourth-order valence-electron chi connectivity index (χ4n) is 2.76. The number of hydrogen-bond donors (Lipinski definition) is 0. The number of benzene rings is 2. The zero-order valence-corrected chi connectivity index (χ0v) is 14.5. The minimum absolute atomic E-state index is 0.373. The minimum Gasteiger partial charge on any atom is -0.369 e. The van der Waals surface area contributed by atoms with Crippen molar-refractivity contribution in [2.45, 2.75) is 11.8 Å². The monoisotopic (exact) mass is 350 g/mol. The highest BCUT2D eigenvalue weighted by Crippen LogP contribution is 2.22. The second-order valence-corrected chi connectivity index (χ2v) is 8.06. The summed E-state index contributed by atoms with van der Waals surface area (Å²) in [5.74, 6) is 0. The van der Waals surface area contributed by atoms with E-state index in [1.54, 1.807) is 22.5 Å². The van der Waals surface area contributed by atoms with E-state index >= 15 is 0 Å². The Morgan fingerprint density at radius 1 is 0.957 bits per heavy atom. The van der Waals surface area contributed by atoms with Gasteiger partial charge in [0, 0.05) is 36.9 Å². The molecule has 0 aliphatic carbocycles. The van der Waals surface area contributed by atoms with Crippen molar-refractivity contribution in [3.8, 4) is 0 Å². The van der Waals surface area contributed by atoms with E-state index in [2.05, 4.69) is 4.90 Å². The molecule has 2 aromatic rings.